The summed E-state index contributed by atoms with van der Waals surface area (Å²) in [6.45, 7) is 5.19. The van der Waals surface area contributed by atoms with Crippen molar-refractivity contribution in [2.75, 3.05) is 11.9 Å². The minimum atomic E-state index is -0.154. The number of aromatic nitrogens is 2. The Bertz CT molecular complexity index is 654. The summed E-state index contributed by atoms with van der Waals surface area (Å²) in [7, 11) is 0. The Morgan fingerprint density at radius 3 is 2.96 bits per heavy atom. The normalized spacial score (nSPS) is 19.7. The average Bonchev–Trinajstić information content (AvgIpc) is 3.01. The SMILES string of the molecule is CC1(C)CCCNC1C(=O)Nc1cccc(-n2ccnc2)c1.Cl. The van der Waals surface area contributed by atoms with Gasteiger partial charge in [-0.25, -0.2) is 4.98 Å². The van der Waals surface area contributed by atoms with E-state index in [4.69, 9.17) is 0 Å². The minimum absolute atomic E-state index is 0. The lowest BCUT2D eigenvalue weighted by Crippen LogP contribution is -2.53. The maximum absolute atomic E-state index is 12.6. The number of nitrogens with zero attached hydrogens (tertiary/aromatic N) is 2. The van der Waals surface area contributed by atoms with Crippen molar-refractivity contribution in [2.45, 2.75) is 32.7 Å². The maximum atomic E-state index is 12.6. The lowest BCUT2D eigenvalue weighted by molar-refractivity contribution is -0.121. The fourth-order valence-corrected chi connectivity index (χ4v) is 3.03. The molecule has 0 radical (unpaired) electrons. The molecule has 0 spiro atoms. The Kier molecular flexibility index (Phi) is 5.44. The molecule has 124 valence electrons. The fraction of sp³-hybridized carbons (Fsp3) is 0.412. The van der Waals surface area contributed by atoms with Gasteiger partial charge in [-0.3, -0.25) is 4.79 Å². The second kappa shape index (κ2) is 7.15. The van der Waals surface area contributed by atoms with E-state index in [9.17, 15) is 4.79 Å². The molecule has 1 aromatic heterocycles. The van der Waals surface area contributed by atoms with E-state index < -0.39 is 0 Å². The van der Waals surface area contributed by atoms with Gasteiger partial charge >= 0.3 is 0 Å². The van der Waals surface area contributed by atoms with E-state index in [0.29, 0.717) is 0 Å². The molecule has 1 aliphatic heterocycles. The van der Waals surface area contributed by atoms with Gasteiger partial charge in [0.2, 0.25) is 5.91 Å². The molecule has 1 unspecified atom stereocenters. The minimum Gasteiger partial charge on any atom is -0.325 e. The van der Waals surface area contributed by atoms with Crippen molar-refractivity contribution in [3.05, 3.63) is 43.0 Å². The van der Waals surface area contributed by atoms with E-state index in [-0.39, 0.29) is 29.8 Å². The number of amides is 1. The van der Waals surface area contributed by atoms with Gasteiger partial charge in [0.05, 0.1) is 12.4 Å². The van der Waals surface area contributed by atoms with Crippen LogP contribution in [0.5, 0.6) is 0 Å². The van der Waals surface area contributed by atoms with Gasteiger partial charge in [-0.2, -0.15) is 0 Å². The van der Waals surface area contributed by atoms with Crippen LogP contribution >= 0.6 is 12.4 Å². The van der Waals surface area contributed by atoms with E-state index in [1.54, 1.807) is 12.5 Å². The Hall–Kier alpha value is -1.85. The van der Waals surface area contributed by atoms with Crippen LogP contribution in [0.2, 0.25) is 0 Å². The number of imidazole rings is 1. The van der Waals surface area contributed by atoms with Crippen molar-refractivity contribution in [1.29, 1.82) is 0 Å². The second-order valence-corrected chi connectivity index (χ2v) is 6.49. The maximum Gasteiger partial charge on any atom is 0.242 e. The zero-order valence-corrected chi connectivity index (χ0v) is 14.3. The summed E-state index contributed by atoms with van der Waals surface area (Å²) < 4.78 is 1.92. The van der Waals surface area contributed by atoms with Crippen LogP contribution in [0.25, 0.3) is 5.69 Å². The third-order valence-electron chi connectivity index (χ3n) is 4.31. The van der Waals surface area contributed by atoms with E-state index >= 15 is 0 Å². The second-order valence-electron chi connectivity index (χ2n) is 6.49. The largest absolute Gasteiger partial charge is 0.325 e. The van der Waals surface area contributed by atoms with Crippen molar-refractivity contribution in [2.24, 2.45) is 5.41 Å². The topological polar surface area (TPSA) is 59.0 Å². The van der Waals surface area contributed by atoms with Gasteiger partial charge in [-0.1, -0.05) is 19.9 Å². The number of hydrogen-bond acceptors (Lipinski definition) is 3. The molecule has 23 heavy (non-hydrogen) atoms. The molecule has 0 aliphatic carbocycles. The molecule has 2 N–H and O–H groups in total. The van der Waals surface area contributed by atoms with Crippen LogP contribution in [0.3, 0.4) is 0 Å². The van der Waals surface area contributed by atoms with Crippen LogP contribution in [0.4, 0.5) is 5.69 Å². The quantitative estimate of drug-likeness (QED) is 0.907. The number of halogens is 1. The molecule has 1 atom stereocenters. The fourth-order valence-electron chi connectivity index (χ4n) is 3.03. The number of hydrogen-bond donors (Lipinski definition) is 2. The molecule has 0 saturated carbocycles. The number of carbonyl (C=O) groups is 1. The van der Waals surface area contributed by atoms with Gasteiger partial charge in [-0.15, -0.1) is 12.4 Å². The zero-order chi connectivity index (χ0) is 15.6. The Balaban J connectivity index is 0.00000192. The molecular formula is C17H23ClN4O. The predicted molar refractivity (Wildman–Crippen MR) is 94.2 cm³/mol. The highest BCUT2D eigenvalue weighted by Gasteiger charge is 2.37. The monoisotopic (exact) mass is 334 g/mol. The van der Waals surface area contributed by atoms with Gasteiger partial charge < -0.3 is 15.2 Å². The van der Waals surface area contributed by atoms with Crippen molar-refractivity contribution in [3.63, 3.8) is 0 Å². The highest BCUT2D eigenvalue weighted by atomic mass is 35.5. The third-order valence-corrected chi connectivity index (χ3v) is 4.31. The first-order valence-electron chi connectivity index (χ1n) is 7.69. The van der Waals surface area contributed by atoms with Crippen LogP contribution in [-0.4, -0.2) is 28.0 Å². The average molecular weight is 335 g/mol. The van der Waals surface area contributed by atoms with Gasteiger partial charge in [0, 0.05) is 23.8 Å². The molecule has 1 amide bonds. The summed E-state index contributed by atoms with van der Waals surface area (Å²) in [5.41, 5.74) is 1.76. The number of nitrogens with one attached hydrogen (secondary N) is 2. The highest BCUT2D eigenvalue weighted by Crippen LogP contribution is 2.30. The summed E-state index contributed by atoms with van der Waals surface area (Å²) in [4.78, 5) is 16.6. The smallest absolute Gasteiger partial charge is 0.242 e. The standard InChI is InChI=1S/C17H22N4O.ClH/c1-17(2)7-4-8-19-15(17)16(22)20-13-5-3-6-14(11-13)21-10-9-18-12-21;/h3,5-6,9-12,15,19H,4,7-8H2,1-2H3,(H,20,22);1H. The Morgan fingerprint density at radius 1 is 1.43 bits per heavy atom. The molecular weight excluding hydrogens is 312 g/mol. The predicted octanol–water partition coefficient (Wildman–Crippen LogP) is 3.01. The van der Waals surface area contributed by atoms with Gasteiger partial charge in [0.15, 0.2) is 0 Å². The van der Waals surface area contributed by atoms with E-state index in [1.165, 1.54) is 0 Å². The molecule has 1 aliphatic rings. The van der Waals surface area contributed by atoms with E-state index in [0.717, 1.165) is 30.8 Å². The number of benzene rings is 1. The lowest BCUT2D eigenvalue weighted by atomic mass is 9.77. The molecule has 1 aromatic carbocycles. The van der Waals surface area contributed by atoms with E-state index in [1.807, 2.05) is 35.0 Å². The van der Waals surface area contributed by atoms with E-state index in [2.05, 4.69) is 29.5 Å². The van der Waals surface area contributed by atoms with Crippen LogP contribution in [0, 0.1) is 5.41 Å². The summed E-state index contributed by atoms with van der Waals surface area (Å²) in [5.74, 6) is 0.0347. The molecule has 2 heterocycles. The number of anilines is 1. The number of piperidine rings is 1. The first kappa shape index (κ1) is 17.5. The van der Waals surface area contributed by atoms with Crippen molar-refractivity contribution in [3.8, 4) is 5.69 Å². The highest BCUT2D eigenvalue weighted by molar-refractivity contribution is 5.95. The number of rotatable bonds is 3. The molecule has 2 aromatic rings. The van der Waals surface area contributed by atoms with Crippen molar-refractivity contribution >= 4 is 24.0 Å². The Morgan fingerprint density at radius 2 is 2.26 bits per heavy atom. The molecule has 5 nitrogen and oxygen atoms in total. The first-order valence-corrected chi connectivity index (χ1v) is 7.69. The summed E-state index contributed by atoms with van der Waals surface area (Å²) in [6, 6.07) is 7.63. The summed E-state index contributed by atoms with van der Waals surface area (Å²) in [6.07, 6.45) is 7.54. The summed E-state index contributed by atoms with van der Waals surface area (Å²) in [5, 5.41) is 6.38. The molecule has 6 heteroatoms. The van der Waals surface area contributed by atoms with Crippen LogP contribution < -0.4 is 10.6 Å². The van der Waals surface area contributed by atoms with Gasteiger partial charge in [0.25, 0.3) is 0 Å². The van der Waals surface area contributed by atoms with Crippen LogP contribution in [0.15, 0.2) is 43.0 Å². The zero-order valence-electron chi connectivity index (χ0n) is 13.5. The number of carbonyl (C=O) groups excluding carboxylic acids is 1. The van der Waals surface area contributed by atoms with Crippen molar-refractivity contribution in [1.82, 2.24) is 14.9 Å². The van der Waals surface area contributed by atoms with Gasteiger partial charge in [-0.05, 0) is 43.0 Å². The molecule has 1 fully saturated rings. The first-order chi connectivity index (χ1) is 10.6. The van der Waals surface area contributed by atoms with Crippen molar-refractivity contribution < 1.29 is 4.79 Å². The van der Waals surface area contributed by atoms with Gasteiger partial charge in [0.1, 0.15) is 0 Å². The lowest BCUT2D eigenvalue weighted by Gasteiger charge is -2.38. The van der Waals surface area contributed by atoms with Crippen LogP contribution in [-0.2, 0) is 4.79 Å². The molecule has 1 saturated heterocycles. The third kappa shape index (κ3) is 3.92. The Labute approximate surface area is 142 Å². The molecule has 3 rings (SSSR count). The molecule has 0 bridgehead atoms. The summed E-state index contributed by atoms with van der Waals surface area (Å²) >= 11 is 0. The van der Waals surface area contributed by atoms with Crippen LogP contribution in [0.1, 0.15) is 26.7 Å².